The fourth-order valence-electron chi connectivity index (χ4n) is 1.65. The minimum atomic E-state index is -0.0297. The number of aromatic nitrogens is 2. The summed E-state index contributed by atoms with van der Waals surface area (Å²) in [6.07, 6.45) is 1.79. The average molecular weight is 297 g/mol. The van der Waals surface area contributed by atoms with Crippen LogP contribution in [0.5, 0.6) is 0 Å². The van der Waals surface area contributed by atoms with Crippen LogP contribution in [0.2, 0.25) is 0 Å². The Balaban J connectivity index is 0.00000200. The van der Waals surface area contributed by atoms with E-state index >= 15 is 0 Å². The summed E-state index contributed by atoms with van der Waals surface area (Å²) in [6, 6.07) is 5.29. The molecule has 0 aliphatic rings. The molecule has 0 saturated carbocycles. The van der Waals surface area contributed by atoms with Gasteiger partial charge < -0.3 is 15.2 Å². The largest absolute Gasteiger partial charge is 0.397 e. The Hall–Kier alpha value is -2.08. The van der Waals surface area contributed by atoms with Gasteiger partial charge in [-0.05, 0) is 19.1 Å². The number of rotatable bonds is 4. The maximum atomic E-state index is 12.0. The number of pyridine rings is 1. The first-order valence-corrected chi connectivity index (χ1v) is 5.91. The van der Waals surface area contributed by atoms with Gasteiger partial charge in [0, 0.05) is 18.8 Å². The molecule has 7 heteroatoms. The van der Waals surface area contributed by atoms with Gasteiger partial charge in [-0.2, -0.15) is 0 Å². The zero-order valence-corrected chi connectivity index (χ0v) is 12.2. The van der Waals surface area contributed by atoms with Crippen LogP contribution in [0.1, 0.15) is 17.1 Å². The molecule has 108 valence electrons. The highest BCUT2D eigenvalue weighted by atomic mass is 35.5. The lowest BCUT2D eigenvalue weighted by Gasteiger charge is -2.15. The summed E-state index contributed by atoms with van der Waals surface area (Å²) < 4.78 is 4.96. The standard InChI is InChI=1S/C13H16N4O2.ClH/c1-9-5-12(16-19-9)8-17(2)13(18)6-11-4-3-10(14)7-15-11;/h3-5,7H,6,8,14H2,1-2H3;1H. The predicted molar refractivity (Wildman–Crippen MR) is 77.3 cm³/mol. The molecular weight excluding hydrogens is 280 g/mol. The smallest absolute Gasteiger partial charge is 0.228 e. The van der Waals surface area contributed by atoms with E-state index in [1.54, 1.807) is 30.3 Å². The molecule has 0 aromatic carbocycles. The summed E-state index contributed by atoms with van der Waals surface area (Å²) in [5, 5.41) is 3.86. The monoisotopic (exact) mass is 296 g/mol. The van der Waals surface area contributed by atoms with Gasteiger partial charge in [0.2, 0.25) is 5.91 Å². The molecule has 20 heavy (non-hydrogen) atoms. The normalized spacial score (nSPS) is 9.90. The number of nitrogens with two attached hydrogens (primary N) is 1. The van der Waals surface area contributed by atoms with Crippen molar-refractivity contribution in [1.82, 2.24) is 15.0 Å². The van der Waals surface area contributed by atoms with E-state index in [2.05, 4.69) is 10.1 Å². The lowest BCUT2D eigenvalue weighted by Crippen LogP contribution is -2.28. The molecule has 0 radical (unpaired) electrons. The Morgan fingerprint density at radius 2 is 2.15 bits per heavy atom. The molecule has 6 nitrogen and oxygen atoms in total. The third kappa shape index (κ3) is 4.24. The van der Waals surface area contributed by atoms with E-state index in [1.165, 1.54) is 0 Å². The van der Waals surface area contributed by atoms with Crippen molar-refractivity contribution in [3.05, 3.63) is 41.5 Å². The van der Waals surface area contributed by atoms with E-state index in [-0.39, 0.29) is 24.7 Å². The number of anilines is 1. The number of halogens is 1. The number of carbonyl (C=O) groups excluding carboxylic acids is 1. The van der Waals surface area contributed by atoms with Gasteiger partial charge in [0.1, 0.15) is 11.5 Å². The molecule has 0 aliphatic heterocycles. The SMILES string of the molecule is Cc1cc(CN(C)C(=O)Cc2ccc(N)cn2)no1.Cl. The minimum absolute atomic E-state index is 0. The van der Waals surface area contributed by atoms with Gasteiger partial charge >= 0.3 is 0 Å². The zero-order chi connectivity index (χ0) is 13.8. The quantitative estimate of drug-likeness (QED) is 0.926. The summed E-state index contributed by atoms with van der Waals surface area (Å²) in [5.74, 6) is 0.703. The van der Waals surface area contributed by atoms with Crippen molar-refractivity contribution in [1.29, 1.82) is 0 Å². The third-order valence-electron chi connectivity index (χ3n) is 2.68. The Morgan fingerprint density at radius 1 is 1.40 bits per heavy atom. The third-order valence-corrected chi connectivity index (χ3v) is 2.68. The number of hydrogen-bond acceptors (Lipinski definition) is 5. The van der Waals surface area contributed by atoms with Gasteiger partial charge in [0.25, 0.3) is 0 Å². The highest BCUT2D eigenvalue weighted by Crippen LogP contribution is 2.07. The molecule has 0 saturated heterocycles. The van der Waals surface area contributed by atoms with Crippen molar-refractivity contribution in [2.24, 2.45) is 0 Å². The van der Waals surface area contributed by atoms with Gasteiger partial charge in [0.05, 0.1) is 24.8 Å². The van der Waals surface area contributed by atoms with Crippen LogP contribution >= 0.6 is 12.4 Å². The average Bonchev–Trinajstić information content (AvgIpc) is 2.77. The Morgan fingerprint density at radius 3 is 2.70 bits per heavy atom. The fourth-order valence-corrected chi connectivity index (χ4v) is 1.65. The summed E-state index contributed by atoms with van der Waals surface area (Å²) >= 11 is 0. The van der Waals surface area contributed by atoms with Crippen LogP contribution in [0.15, 0.2) is 28.9 Å². The van der Waals surface area contributed by atoms with Crippen LogP contribution in [0, 0.1) is 6.92 Å². The minimum Gasteiger partial charge on any atom is -0.397 e. The van der Waals surface area contributed by atoms with E-state index in [0.717, 1.165) is 11.5 Å². The first-order chi connectivity index (χ1) is 9.04. The molecule has 2 rings (SSSR count). The van der Waals surface area contributed by atoms with E-state index in [0.29, 0.717) is 17.9 Å². The maximum absolute atomic E-state index is 12.0. The lowest BCUT2D eigenvalue weighted by molar-refractivity contribution is -0.129. The molecule has 2 aromatic rings. The summed E-state index contributed by atoms with van der Waals surface area (Å²) in [7, 11) is 1.73. The van der Waals surface area contributed by atoms with Gasteiger partial charge in [-0.1, -0.05) is 5.16 Å². The molecule has 2 aromatic heterocycles. The number of hydrogen-bond donors (Lipinski definition) is 1. The van der Waals surface area contributed by atoms with Crippen LogP contribution in [0.4, 0.5) is 5.69 Å². The van der Waals surface area contributed by atoms with Gasteiger partial charge in [-0.3, -0.25) is 9.78 Å². The number of aryl methyl sites for hydroxylation is 1. The molecule has 0 unspecified atom stereocenters. The highest BCUT2D eigenvalue weighted by Gasteiger charge is 2.12. The zero-order valence-electron chi connectivity index (χ0n) is 11.4. The number of amides is 1. The molecular formula is C13H17ClN4O2. The topological polar surface area (TPSA) is 85.2 Å². The lowest BCUT2D eigenvalue weighted by atomic mass is 10.2. The fraction of sp³-hybridized carbons (Fsp3) is 0.308. The number of carbonyl (C=O) groups is 1. The summed E-state index contributed by atoms with van der Waals surface area (Å²) in [4.78, 5) is 17.7. The number of nitrogens with zero attached hydrogens (tertiary/aromatic N) is 3. The molecule has 0 spiro atoms. The second-order valence-electron chi connectivity index (χ2n) is 4.44. The van der Waals surface area contributed by atoms with Gasteiger partial charge in [-0.25, -0.2) is 0 Å². The van der Waals surface area contributed by atoms with Crippen LogP contribution in [-0.2, 0) is 17.8 Å². The van der Waals surface area contributed by atoms with E-state index in [1.807, 2.05) is 13.0 Å². The highest BCUT2D eigenvalue weighted by molar-refractivity contribution is 5.85. The first kappa shape index (κ1) is 16.0. The summed E-state index contributed by atoms with van der Waals surface area (Å²) in [5.41, 5.74) is 7.56. The van der Waals surface area contributed by atoms with Gasteiger partial charge in [0.15, 0.2) is 0 Å². The predicted octanol–water partition coefficient (Wildman–Crippen LogP) is 1.58. The maximum Gasteiger partial charge on any atom is 0.228 e. The number of likely N-dealkylation sites (N-methyl/N-ethyl adjacent to an activating group) is 1. The second kappa shape index (κ2) is 6.91. The Kier molecular flexibility index (Phi) is 5.52. The van der Waals surface area contributed by atoms with Crippen LogP contribution in [0.25, 0.3) is 0 Å². The van der Waals surface area contributed by atoms with Crippen molar-refractivity contribution in [2.45, 2.75) is 19.9 Å². The van der Waals surface area contributed by atoms with Crippen molar-refractivity contribution < 1.29 is 9.32 Å². The molecule has 2 N–H and O–H groups in total. The van der Waals surface area contributed by atoms with Crippen LogP contribution < -0.4 is 5.73 Å². The molecule has 0 bridgehead atoms. The van der Waals surface area contributed by atoms with Crippen LogP contribution in [0.3, 0.4) is 0 Å². The van der Waals surface area contributed by atoms with E-state index in [9.17, 15) is 4.79 Å². The van der Waals surface area contributed by atoms with Crippen molar-refractivity contribution >= 4 is 24.0 Å². The van der Waals surface area contributed by atoms with E-state index in [4.69, 9.17) is 10.3 Å². The molecule has 0 atom stereocenters. The molecule has 0 aliphatic carbocycles. The van der Waals surface area contributed by atoms with Gasteiger partial charge in [-0.15, -0.1) is 12.4 Å². The summed E-state index contributed by atoms with van der Waals surface area (Å²) in [6.45, 7) is 2.24. The van der Waals surface area contributed by atoms with Crippen molar-refractivity contribution in [3.63, 3.8) is 0 Å². The van der Waals surface area contributed by atoms with Crippen molar-refractivity contribution in [3.8, 4) is 0 Å². The molecule has 0 fully saturated rings. The number of nitrogen functional groups attached to an aromatic ring is 1. The molecule has 1 amide bonds. The Labute approximate surface area is 123 Å². The molecule has 2 heterocycles. The van der Waals surface area contributed by atoms with Crippen molar-refractivity contribution in [2.75, 3.05) is 12.8 Å². The Bertz CT molecular complexity index is 568. The first-order valence-electron chi connectivity index (χ1n) is 5.91. The van der Waals surface area contributed by atoms with Crippen LogP contribution in [-0.4, -0.2) is 28.0 Å². The second-order valence-corrected chi connectivity index (χ2v) is 4.44. The van der Waals surface area contributed by atoms with E-state index < -0.39 is 0 Å².